The van der Waals surface area contributed by atoms with Crippen LogP contribution >= 0.6 is 0 Å². The Morgan fingerprint density at radius 2 is 2.37 bits per heavy atom. The molecule has 0 aliphatic carbocycles. The molecule has 102 valence electrons. The van der Waals surface area contributed by atoms with E-state index in [1.807, 2.05) is 6.07 Å². The molecule has 1 saturated heterocycles. The van der Waals surface area contributed by atoms with Crippen molar-refractivity contribution in [3.8, 4) is 6.07 Å². The maximum absolute atomic E-state index is 8.95. The van der Waals surface area contributed by atoms with E-state index in [-0.39, 0.29) is 0 Å². The standard InChI is InChI=1S/C13H19N5O/c1-10(18-5-6-19-9-11(18)2)8-17-13-12(7-14)15-3-4-16-13/h3-4,10-11H,5-6,8-9H2,1-2H3,(H,16,17)/t10-,11+/m0/s1. The Morgan fingerprint density at radius 1 is 1.58 bits per heavy atom. The fourth-order valence-corrected chi connectivity index (χ4v) is 2.31. The van der Waals surface area contributed by atoms with Crippen molar-refractivity contribution < 1.29 is 4.74 Å². The lowest BCUT2D eigenvalue weighted by Crippen LogP contribution is -2.50. The molecule has 2 atom stereocenters. The molecule has 0 spiro atoms. The van der Waals surface area contributed by atoms with Crippen LogP contribution in [0.4, 0.5) is 5.82 Å². The number of nitrogens with one attached hydrogen (secondary N) is 1. The molecule has 2 heterocycles. The van der Waals surface area contributed by atoms with Gasteiger partial charge >= 0.3 is 0 Å². The van der Waals surface area contributed by atoms with Crippen LogP contribution in [0.25, 0.3) is 0 Å². The largest absolute Gasteiger partial charge is 0.379 e. The van der Waals surface area contributed by atoms with Gasteiger partial charge in [0.05, 0.1) is 13.2 Å². The van der Waals surface area contributed by atoms with Crippen molar-refractivity contribution >= 4 is 5.82 Å². The molecule has 0 unspecified atom stereocenters. The quantitative estimate of drug-likeness (QED) is 0.867. The minimum Gasteiger partial charge on any atom is -0.379 e. The third-order valence-electron chi connectivity index (χ3n) is 3.35. The van der Waals surface area contributed by atoms with Crippen LogP contribution in [0.15, 0.2) is 12.4 Å². The highest BCUT2D eigenvalue weighted by molar-refractivity contribution is 5.46. The SMILES string of the molecule is C[C@@H]1COCCN1[C@@H](C)CNc1nccnc1C#N. The Kier molecular flexibility index (Phi) is 4.66. The van der Waals surface area contributed by atoms with E-state index < -0.39 is 0 Å². The lowest BCUT2D eigenvalue weighted by atomic mass is 10.2. The molecule has 0 saturated carbocycles. The van der Waals surface area contributed by atoms with Crippen molar-refractivity contribution in [2.75, 3.05) is 31.6 Å². The smallest absolute Gasteiger partial charge is 0.182 e. The van der Waals surface area contributed by atoms with Gasteiger partial charge in [-0.1, -0.05) is 0 Å². The van der Waals surface area contributed by atoms with Crippen molar-refractivity contribution in [2.24, 2.45) is 0 Å². The molecule has 0 amide bonds. The molecule has 1 aromatic rings. The Hall–Kier alpha value is -1.71. The van der Waals surface area contributed by atoms with Crippen LogP contribution in [0.3, 0.4) is 0 Å². The first kappa shape index (κ1) is 13.7. The summed E-state index contributed by atoms with van der Waals surface area (Å²) < 4.78 is 5.43. The zero-order chi connectivity index (χ0) is 13.7. The molecular formula is C13H19N5O. The summed E-state index contributed by atoms with van der Waals surface area (Å²) in [5.41, 5.74) is 0.338. The average molecular weight is 261 g/mol. The molecule has 1 aliphatic rings. The second-order valence-corrected chi connectivity index (χ2v) is 4.76. The number of aromatic nitrogens is 2. The maximum Gasteiger partial charge on any atom is 0.182 e. The fourth-order valence-electron chi connectivity index (χ4n) is 2.31. The van der Waals surface area contributed by atoms with Gasteiger partial charge in [-0.2, -0.15) is 5.26 Å². The molecule has 1 aliphatic heterocycles. The molecule has 0 aromatic carbocycles. The van der Waals surface area contributed by atoms with Gasteiger partial charge in [-0.25, -0.2) is 9.97 Å². The van der Waals surface area contributed by atoms with E-state index in [2.05, 4.69) is 34.0 Å². The summed E-state index contributed by atoms with van der Waals surface area (Å²) in [6.45, 7) is 7.56. The van der Waals surface area contributed by atoms with Crippen molar-refractivity contribution in [3.05, 3.63) is 18.1 Å². The van der Waals surface area contributed by atoms with E-state index in [0.717, 1.165) is 26.3 Å². The molecule has 1 fully saturated rings. The van der Waals surface area contributed by atoms with E-state index in [1.54, 1.807) is 6.20 Å². The van der Waals surface area contributed by atoms with Crippen LogP contribution in [-0.2, 0) is 4.74 Å². The van der Waals surface area contributed by atoms with Gasteiger partial charge < -0.3 is 10.1 Å². The molecule has 6 nitrogen and oxygen atoms in total. The van der Waals surface area contributed by atoms with Gasteiger partial charge in [-0.15, -0.1) is 0 Å². The lowest BCUT2D eigenvalue weighted by Gasteiger charge is -2.37. The van der Waals surface area contributed by atoms with Crippen molar-refractivity contribution in [2.45, 2.75) is 25.9 Å². The van der Waals surface area contributed by atoms with Gasteiger partial charge in [-0.05, 0) is 13.8 Å². The van der Waals surface area contributed by atoms with Crippen LogP contribution in [-0.4, -0.2) is 53.3 Å². The summed E-state index contributed by atoms with van der Waals surface area (Å²) in [5, 5.41) is 12.2. The third-order valence-corrected chi connectivity index (χ3v) is 3.35. The van der Waals surface area contributed by atoms with E-state index in [9.17, 15) is 0 Å². The van der Waals surface area contributed by atoms with Crippen LogP contribution in [0.5, 0.6) is 0 Å². The number of ether oxygens (including phenoxy) is 1. The monoisotopic (exact) mass is 261 g/mol. The Labute approximate surface area is 113 Å². The number of hydrogen-bond acceptors (Lipinski definition) is 6. The number of morpholine rings is 1. The lowest BCUT2D eigenvalue weighted by molar-refractivity contribution is -0.0159. The fraction of sp³-hybridized carbons (Fsp3) is 0.615. The second-order valence-electron chi connectivity index (χ2n) is 4.76. The summed E-state index contributed by atoms with van der Waals surface area (Å²) in [6.07, 6.45) is 3.11. The number of rotatable bonds is 4. The van der Waals surface area contributed by atoms with Crippen LogP contribution in [0.2, 0.25) is 0 Å². The minimum absolute atomic E-state index is 0.338. The normalized spacial score (nSPS) is 21.6. The summed E-state index contributed by atoms with van der Waals surface area (Å²) in [4.78, 5) is 10.5. The van der Waals surface area contributed by atoms with Crippen LogP contribution in [0.1, 0.15) is 19.5 Å². The summed E-state index contributed by atoms with van der Waals surface area (Å²) in [6, 6.07) is 2.81. The first-order valence-corrected chi connectivity index (χ1v) is 6.51. The van der Waals surface area contributed by atoms with Gasteiger partial charge in [0.1, 0.15) is 6.07 Å². The third kappa shape index (κ3) is 3.40. The van der Waals surface area contributed by atoms with Gasteiger partial charge in [-0.3, -0.25) is 4.90 Å². The topological polar surface area (TPSA) is 74.1 Å². The highest BCUT2D eigenvalue weighted by Gasteiger charge is 2.23. The first-order valence-electron chi connectivity index (χ1n) is 6.51. The molecule has 0 radical (unpaired) electrons. The Bertz CT molecular complexity index is 459. The number of nitrogens with zero attached hydrogens (tertiary/aromatic N) is 4. The molecule has 1 aromatic heterocycles. The van der Waals surface area contributed by atoms with Gasteiger partial charge in [0.2, 0.25) is 0 Å². The van der Waals surface area contributed by atoms with E-state index in [0.29, 0.717) is 23.6 Å². The summed E-state index contributed by atoms with van der Waals surface area (Å²) >= 11 is 0. The summed E-state index contributed by atoms with van der Waals surface area (Å²) in [5.74, 6) is 0.553. The molecule has 0 bridgehead atoms. The Balaban J connectivity index is 1.93. The predicted molar refractivity (Wildman–Crippen MR) is 71.7 cm³/mol. The molecule has 1 N–H and O–H groups in total. The van der Waals surface area contributed by atoms with Crippen LogP contribution in [0, 0.1) is 11.3 Å². The van der Waals surface area contributed by atoms with Gasteiger partial charge in [0.15, 0.2) is 11.5 Å². The van der Waals surface area contributed by atoms with E-state index in [1.165, 1.54) is 6.20 Å². The second kappa shape index (κ2) is 6.45. The maximum atomic E-state index is 8.95. The van der Waals surface area contributed by atoms with Crippen molar-refractivity contribution in [3.63, 3.8) is 0 Å². The zero-order valence-corrected chi connectivity index (χ0v) is 11.3. The van der Waals surface area contributed by atoms with Gasteiger partial charge in [0, 0.05) is 37.6 Å². The highest BCUT2D eigenvalue weighted by atomic mass is 16.5. The van der Waals surface area contributed by atoms with Gasteiger partial charge in [0.25, 0.3) is 0 Å². The predicted octanol–water partition coefficient (Wildman–Crippen LogP) is 0.869. The van der Waals surface area contributed by atoms with Crippen molar-refractivity contribution in [1.82, 2.24) is 14.9 Å². The van der Waals surface area contributed by atoms with Crippen LogP contribution < -0.4 is 5.32 Å². The number of nitriles is 1. The minimum atomic E-state index is 0.338. The first-order chi connectivity index (χ1) is 9.22. The van der Waals surface area contributed by atoms with E-state index in [4.69, 9.17) is 10.00 Å². The Morgan fingerprint density at radius 3 is 3.11 bits per heavy atom. The molecule has 2 rings (SSSR count). The molecular weight excluding hydrogens is 242 g/mol. The number of hydrogen-bond donors (Lipinski definition) is 1. The average Bonchev–Trinajstić information content (AvgIpc) is 2.45. The highest BCUT2D eigenvalue weighted by Crippen LogP contribution is 2.12. The number of anilines is 1. The molecule has 6 heteroatoms. The zero-order valence-electron chi connectivity index (χ0n) is 11.3. The van der Waals surface area contributed by atoms with E-state index >= 15 is 0 Å². The summed E-state index contributed by atoms with van der Waals surface area (Å²) in [7, 11) is 0. The molecule has 19 heavy (non-hydrogen) atoms. The van der Waals surface area contributed by atoms with Crippen molar-refractivity contribution in [1.29, 1.82) is 5.26 Å².